The Hall–Kier alpha value is -4.39. The number of allylic oxidation sites excluding steroid dienone is 1. The lowest BCUT2D eigenvalue weighted by molar-refractivity contribution is -0.124. The third-order valence-electron chi connectivity index (χ3n) is 7.45. The molecule has 0 saturated heterocycles. The smallest absolute Gasteiger partial charge is 0.317 e. The second kappa shape index (κ2) is 21.6. The second-order valence-corrected chi connectivity index (χ2v) is 12.2. The molecular formula is C36H54N6O6S. The number of anilines is 1. The summed E-state index contributed by atoms with van der Waals surface area (Å²) in [6.07, 6.45) is 8.58. The molecule has 1 aliphatic carbocycles. The maximum Gasteiger partial charge on any atom is 0.317 e. The van der Waals surface area contributed by atoms with Crippen LogP contribution in [0.5, 0.6) is 11.5 Å². The molecule has 1 aromatic carbocycles. The van der Waals surface area contributed by atoms with Crippen LogP contribution >= 0.6 is 11.3 Å². The predicted molar refractivity (Wildman–Crippen MR) is 198 cm³/mol. The summed E-state index contributed by atoms with van der Waals surface area (Å²) in [5.74, 6) is 1.50. The van der Waals surface area contributed by atoms with E-state index in [-0.39, 0.29) is 37.1 Å². The number of pyridine rings is 1. The van der Waals surface area contributed by atoms with Crippen molar-refractivity contribution in [2.75, 3.05) is 32.6 Å². The summed E-state index contributed by atoms with van der Waals surface area (Å²) in [5, 5.41) is 19.9. The number of rotatable bonds is 8. The number of benzene rings is 1. The zero-order chi connectivity index (χ0) is 36.3. The maximum atomic E-state index is 13.3. The molecule has 3 heterocycles. The van der Waals surface area contributed by atoms with E-state index in [4.69, 9.17) is 29.3 Å². The zero-order valence-electron chi connectivity index (χ0n) is 30.1. The number of carbonyl (C=O) groups excluding carboxylic acids is 2. The van der Waals surface area contributed by atoms with Crippen molar-refractivity contribution in [1.82, 2.24) is 25.5 Å². The zero-order valence-corrected chi connectivity index (χ0v) is 30.9. The molecule has 1 aliphatic heterocycles. The largest absolute Gasteiger partial charge is 0.497 e. The summed E-state index contributed by atoms with van der Waals surface area (Å²) < 4.78 is 11.7. The van der Waals surface area contributed by atoms with Crippen LogP contribution in [0.4, 0.5) is 9.93 Å². The molecule has 49 heavy (non-hydrogen) atoms. The fourth-order valence-electron chi connectivity index (χ4n) is 4.93. The first-order chi connectivity index (χ1) is 23.7. The van der Waals surface area contributed by atoms with Crippen LogP contribution in [0.25, 0.3) is 22.3 Å². The summed E-state index contributed by atoms with van der Waals surface area (Å²) >= 11 is 1.52. The Kier molecular flexibility index (Phi) is 17.9. The van der Waals surface area contributed by atoms with Crippen LogP contribution in [0.15, 0.2) is 41.8 Å². The average molecular weight is 699 g/mol. The van der Waals surface area contributed by atoms with Gasteiger partial charge in [-0.3, -0.25) is 9.59 Å². The van der Waals surface area contributed by atoms with Crippen molar-refractivity contribution in [3.05, 3.63) is 41.8 Å². The number of amides is 3. The van der Waals surface area contributed by atoms with E-state index in [9.17, 15) is 9.59 Å². The Bertz CT molecular complexity index is 1500. The van der Waals surface area contributed by atoms with E-state index in [1.807, 2.05) is 57.3 Å². The van der Waals surface area contributed by atoms with Gasteiger partial charge in [-0.25, -0.2) is 14.8 Å². The average Bonchev–Trinajstić information content (AvgIpc) is 3.67. The lowest BCUT2D eigenvalue weighted by Crippen LogP contribution is -2.51. The highest BCUT2D eigenvalue weighted by molar-refractivity contribution is 7.14. The number of aromatic nitrogens is 2. The van der Waals surface area contributed by atoms with Gasteiger partial charge in [-0.1, -0.05) is 39.8 Å². The van der Waals surface area contributed by atoms with Gasteiger partial charge in [-0.15, -0.1) is 11.3 Å². The topological polar surface area (TPSA) is 155 Å². The lowest BCUT2D eigenvalue weighted by atomic mass is 10.1. The SMILES string of the molecule is CC.CC.COc1ccc2c(OCCC3NC(=O)N(C)CCCC/C=C\[C@@H]4CC4NC3=O)cc(-c3csc(NC(C)C)n3)nc2c1.O=CO. The summed E-state index contributed by atoms with van der Waals surface area (Å²) in [5.41, 5.74) is 2.13. The Morgan fingerprint density at radius 2 is 1.84 bits per heavy atom. The molecule has 5 rings (SSSR count). The van der Waals surface area contributed by atoms with Gasteiger partial charge >= 0.3 is 6.03 Å². The van der Waals surface area contributed by atoms with Crippen molar-refractivity contribution in [2.24, 2.45) is 5.92 Å². The molecule has 0 spiro atoms. The first kappa shape index (κ1) is 40.8. The number of carboxylic acid groups (broad SMARTS) is 1. The van der Waals surface area contributed by atoms with Gasteiger partial charge in [-0.05, 0) is 57.6 Å². The van der Waals surface area contributed by atoms with E-state index >= 15 is 0 Å². The molecule has 1 fully saturated rings. The molecular weight excluding hydrogens is 644 g/mol. The van der Waals surface area contributed by atoms with E-state index in [2.05, 4.69) is 41.9 Å². The normalized spacial score (nSPS) is 19.4. The van der Waals surface area contributed by atoms with Crippen molar-refractivity contribution >= 4 is 45.8 Å². The van der Waals surface area contributed by atoms with Crippen molar-refractivity contribution in [3.63, 3.8) is 0 Å². The summed E-state index contributed by atoms with van der Waals surface area (Å²) in [4.78, 5) is 45.7. The minimum atomic E-state index is -0.719. The third kappa shape index (κ3) is 12.9. The lowest BCUT2D eigenvalue weighted by Gasteiger charge is -2.24. The van der Waals surface area contributed by atoms with Gasteiger partial charge in [0.15, 0.2) is 5.13 Å². The fourth-order valence-corrected chi connectivity index (χ4v) is 5.79. The minimum absolute atomic E-state index is 0.115. The number of methoxy groups -OCH3 is 1. The highest BCUT2D eigenvalue weighted by Gasteiger charge is 2.37. The standard InChI is InChI=1S/C31H40N6O4S.2C2H6.CH2O2/c1-19(2)32-30-35-27(18-42-30)26-17-28(22-11-10-21(40-4)16-25(22)33-26)41-14-12-23-29(38)34-24-15-20(24)9-7-5-6-8-13-37(3)31(39)36-23;2*1-2;2-1-3/h7,9-11,16-20,23-24H,5-6,8,12-15H2,1-4H3,(H,32,35)(H,34,38)(H,36,39);2*1-2H3;1H,(H,2,3)/b9-7-;;;/t20-,23?,24?;;;/m1.../s1. The van der Waals surface area contributed by atoms with Crippen LogP contribution in [-0.2, 0) is 9.59 Å². The van der Waals surface area contributed by atoms with Gasteiger partial charge in [0.1, 0.15) is 23.2 Å². The Morgan fingerprint density at radius 1 is 1.10 bits per heavy atom. The first-order valence-electron chi connectivity index (χ1n) is 17.1. The van der Waals surface area contributed by atoms with Crippen LogP contribution in [0, 0.1) is 5.92 Å². The number of urea groups is 1. The quantitative estimate of drug-likeness (QED) is 0.144. The molecule has 270 valence electrons. The van der Waals surface area contributed by atoms with Gasteiger partial charge in [0.05, 0.1) is 24.9 Å². The molecule has 0 radical (unpaired) electrons. The van der Waals surface area contributed by atoms with Crippen molar-refractivity contribution < 1.29 is 29.0 Å². The molecule has 4 N–H and O–H groups in total. The number of fused-ring (bicyclic) bond motifs is 2. The second-order valence-electron chi connectivity index (χ2n) is 11.3. The molecule has 1 saturated carbocycles. The number of carbonyl (C=O) groups is 3. The molecule has 2 unspecified atom stereocenters. The van der Waals surface area contributed by atoms with Gasteiger partial charge in [-0.2, -0.15) is 0 Å². The highest BCUT2D eigenvalue weighted by atomic mass is 32.1. The number of thiazole rings is 1. The van der Waals surface area contributed by atoms with Gasteiger partial charge < -0.3 is 35.4 Å². The van der Waals surface area contributed by atoms with E-state index in [0.717, 1.165) is 41.9 Å². The Labute approximate surface area is 294 Å². The fraction of sp³-hybridized carbons (Fsp3) is 0.528. The van der Waals surface area contributed by atoms with Crippen molar-refractivity contribution in [2.45, 2.75) is 91.8 Å². The number of hydrogen-bond donors (Lipinski definition) is 4. The third-order valence-corrected chi connectivity index (χ3v) is 8.22. The Balaban J connectivity index is 0.00000111. The highest BCUT2D eigenvalue weighted by Crippen LogP contribution is 2.34. The van der Waals surface area contributed by atoms with Gasteiger partial charge in [0, 0.05) is 55.0 Å². The van der Waals surface area contributed by atoms with Crippen LogP contribution in [0.2, 0.25) is 0 Å². The molecule has 13 heteroatoms. The molecule has 3 atom stereocenters. The summed E-state index contributed by atoms with van der Waals surface area (Å²) in [6, 6.07) is 6.93. The minimum Gasteiger partial charge on any atom is -0.497 e. The molecule has 3 aromatic rings. The van der Waals surface area contributed by atoms with Crippen LogP contribution in [-0.4, -0.2) is 83.8 Å². The van der Waals surface area contributed by atoms with Gasteiger partial charge in [0.25, 0.3) is 6.47 Å². The molecule has 2 aliphatic rings. The number of hydrogen-bond acceptors (Lipinski definition) is 9. The van der Waals surface area contributed by atoms with E-state index < -0.39 is 6.04 Å². The van der Waals surface area contributed by atoms with E-state index in [0.29, 0.717) is 41.6 Å². The predicted octanol–water partition coefficient (Wildman–Crippen LogP) is 6.96. The number of nitrogens with one attached hydrogen (secondary N) is 3. The van der Waals surface area contributed by atoms with E-state index in [1.54, 1.807) is 19.1 Å². The van der Waals surface area contributed by atoms with Gasteiger partial charge in [0.2, 0.25) is 5.91 Å². The van der Waals surface area contributed by atoms with E-state index in [1.165, 1.54) is 11.3 Å². The summed E-state index contributed by atoms with van der Waals surface area (Å²) in [7, 11) is 3.38. The monoisotopic (exact) mass is 698 g/mol. The molecule has 3 amide bonds. The molecule has 0 bridgehead atoms. The van der Waals surface area contributed by atoms with Crippen molar-refractivity contribution in [3.8, 4) is 22.9 Å². The van der Waals surface area contributed by atoms with Crippen molar-refractivity contribution in [1.29, 1.82) is 0 Å². The molecule has 12 nitrogen and oxygen atoms in total. The number of ether oxygens (including phenoxy) is 2. The van der Waals surface area contributed by atoms with Crippen LogP contribution in [0.3, 0.4) is 0 Å². The maximum absolute atomic E-state index is 13.3. The van der Waals surface area contributed by atoms with Crippen LogP contribution in [0.1, 0.15) is 73.6 Å². The molecule has 2 aromatic heterocycles. The Morgan fingerprint density at radius 3 is 2.53 bits per heavy atom. The van der Waals surface area contributed by atoms with Crippen LogP contribution < -0.4 is 25.4 Å². The first-order valence-corrected chi connectivity index (χ1v) is 18.0. The summed E-state index contributed by atoms with van der Waals surface area (Å²) in [6.45, 7) is 12.7. The number of nitrogens with zero attached hydrogens (tertiary/aromatic N) is 3.